The van der Waals surface area contributed by atoms with Gasteiger partial charge in [-0.15, -0.1) is 0 Å². The molecule has 0 aromatic heterocycles. The van der Waals surface area contributed by atoms with E-state index in [2.05, 4.69) is 69.2 Å². The average Bonchev–Trinajstić information content (AvgIpc) is 3.23. The van der Waals surface area contributed by atoms with Crippen LogP contribution < -0.4 is 0 Å². The van der Waals surface area contributed by atoms with Crippen LogP contribution in [-0.2, 0) is 0 Å². The molecule has 0 aromatic carbocycles. The van der Waals surface area contributed by atoms with Gasteiger partial charge in [-0.1, -0.05) is 191 Å². The van der Waals surface area contributed by atoms with Crippen LogP contribution in [0.25, 0.3) is 0 Å². The molecule has 0 spiro atoms. The predicted molar refractivity (Wildman–Crippen MR) is 256 cm³/mol. The molecule has 0 rings (SSSR count). The van der Waals surface area contributed by atoms with Crippen LogP contribution in [-0.4, -0.2) is 46.4 Å². The fourth-order valence-electron chi connectivity index (χ4n) is 10.8. The Bertz CT molecular complexity index is 860. The van der Waals surface area contributed by atoms with Gasteiger partial charge in [-0.3, -0.25) is 0 Å². The van der Waals surface area contributed by atoms with Crippen molar-refractivity contribution in [1.29, 1.82) is 0 Å². The highest BCUT2D eigenvalue weighted by Crippen LogP contribution is 2.49. The fourth-order valence-corrected chi connectivity index (χ4v) is 10.8. The van der Waals surface area contributed by atoms with Crippen molar-refractivity contribution in [2.24, 2.45) is 58.7 Å². The van der Waals surface area contributed by atoms with Gasteiger partial charge in [0.2, 0.25) is 0 Å². The van der Waals surface area contributed by atoms with E-state index in [1.165, 1.54) is 161 Å². The molecule has 4 N–H and O–H groups in total. The highest BCUT2D eigenvalue weighted by atomic mass is 16.3. The number of hydrogen-bond donors (Lipinski definition) is 4. The van der Waals surface area contributed by atoms with Crippen LogP contribution in [0, 0.1) is 58.7 Å². The molecular weight excluding hydrogens is 713 g/mol. The van der Waals surface area contributed by atoms with E-state index in [0.29, 0.717) is 54.8 Å². The molecule has 10 unspecified atom stereocenters. The third-order valence-electron chi connectivity index (χ3n) is 15.6. The molecule has 0 aromatic rings. The van der Waals surface area contributed by atoms with Gasteiger partial charge in [-0.05, 0) is 129 Å². The van der Waals surface area contributed by atoms with Gasteiger partial charge < -0.3 is 20.4 Å². The molecule has 4 nitrogen and oxygen atoms in total. The zero-order chi connectivity index (χ0) is 43.6. The van der Waals surface area contributed by atoms with Gasteiger partial charge in [-0.25, -0.2) is 0 Å². The third kappa shape index (κ3) is 27.7. The third-order valence-corrected chi connectivity index (χ3v) is 15.6. The van der Waals surface area contributed by atoms with Crippen LogP contribution in [0.5, 0.6) is 0 Å². The van der Waals surface area contributed by atoms with Crippen molar-refractivity contribution in [2.75, 3.05) is 19.8 Å². The molecule has 0 heterocycles. The minimum absolute atomic E-state index is 0.135. The Morgan fingerprint density at radius 1 is 0.379 bits per heavy atom. The lowest BCUT2D eigenvalue weighted by Gasteiger charge is -2.44. The number of hydrogen-bond acceptors (Lipinski definition) is 4. The van der Waals surface area contributed by atoms with E-state index in [-0.39, 0.29) is 6.10 Å². The zero-order valence-electron chi connectivity index (χ0n) is 41.4. The summed E-state index contributed by atoms with van der Waals surface area (Å²) in [6.07, 6.45) is 37.0. The quantitative estimate of drug-likeness (QED) is 0.0462. The Morgan fingerprint density at radius 2 is 0.828 bits per heavy atom. The molecule has 0 aliphatic heterocycles. The minimum Gasteiger partial charge on any atom is -0.396 e. The van der Waals surface area contributed by atoms with Crippen molar-refractivity contribution in [1.82, 2.24) is 0 Å². The summed E-state index contributed by atoms with van der Waals surface area (Å²) in [5, 5.41) is 40.9. The lowest BCUT2D eigenvalue weighted by Crippen LogP contribution is -2.35. The largest absolute Gasteiger partial charge is 0.396 e. The molecule has 350 valence electrons. The van der Waals surface area contributed by atoms with Crippen LogP contribution >= 0.6 is 0 Å². The fraction of sp³-hybridized carbons (Fsp3) is 1.00. The molecule has 10 atom stereocenters. The van der Waals surface area contributed by atoms with Crippen molar-refractivity contribution in [3.05, 3.63) is 0 Å². The normalized spacial score (nSPS) is 18.1. The van der Waals surface area contributed by atoms with Crippen molar-refractivity contribution < 1.29 is 20.4 Å². The summed E-state index contributed by atoms with van der Waals surface area (Å²) < 4.78 is 0. The van der Waals surface area contributed by atoms with Gasteiger partial charge in [-0.2, -0.15) is 0 Å². The highest BCUT2D eigenvalue weighted by molar-refractivity contribution is 4.89. The van der Waals surface area contributed by atoms with Crippen molar-refractivity contribution in [3.8, 4) is 0 Å². The van der Waals surface area contributed by atoms with E-state index < -0.39 is 0 Å². The van der Waals surface area contributed by atoms with E-state index >= 15 is 0 Å². The molecule has 0 amide bonds. The topological polar surface area (TPSA) is 80.9 Å². The van der Waals surface area contributed by atoms with Crippen LogP contribution in [0.1, 0.15) is 262 Å². The first-order valence-electron chi connectivity index (χ1n) is 26.4. The monoisotopic (exact) mass is 823 g/mol. The number of aliphatic hydroxyl groups is 4. The van der Waals surface area contributed by atoms with Gasteiger partial charge in [0.05, 0.1) is 6.10 Å². The Hall–Kier alpha value is -0.160. The second-order valence-corrected chi connectivity index (χ2v) is 20.9. The van der Waals surface area contributed by atoms with E-state index in [4.69, 9.17) is 0 Å². The maximum absolute atomic E-state index is 11.1. The maximum Gasteiger partial charge on any atom is 0.0540 e. The second kappa shape index (κ2) is 37.4. The minimum atomic E-state index is -0.135. The second-order valence-electron chi connectivity index (χ2n) is 20.9. The van der Waals surface area contributed by atoms with Crippen LogP contribution in [0.3, 0.4) is 0 Å². The molecule has 0 radical (unpaired) electrons. The summed E-state index contributed by atoms with van der Waals surface area (Å²) in [6, 6.07) is 0. The molecule has 0 saturated heterocycles. The zero-order valence-corrected chi connectivity index (χ0v) is 41.4. The Morgan fingerprint density at radius 3 is 1.31 bits per heavy atom. The number of unbranched alkanes of at least 4 members (excludes halogenated alkanes) is 4. The summed E-state index contributed by atoms with van der Waals surface area (Å²) in [5.41, 5.74) is 0.305. The number of aliphatic hydroxyl groups excluding tert-OH is 4. The van der Waals surface area contributed by atoms with Crippen LogP contribution in [0.2, 0.25) is 0 Å². The molecule has 0 bridgehead atoms. The highest BCUT2D eigenvalue weighted by Gasteiger charge is 2.38. The van der Waals surface area contributed by atoms with Crippen LogP contribution in [0.15, 0.2) is 0 Å². The molecule has 0 saturated carbocycles. The van der Waals surface area contributed by atoms with Gasteiger partial charge in [0, 0.05) is 19.8 Å². The SMILES string of the molecule is CCCCC(CC)C(CCCCC(CC)CCCCC(C)CO)(CCCCC(CC)CCC(O)CCC(CC)CC)CC(CO)CC(C)CCC(C)CCC(C)CO. The molecule has 0 aliphatic carbocycles. The summed E-state index contributed by atoms with van der Waals surface area (Å²) in [5.74, 6) is 5.58. The lowest BCUT2D eigenvalue weighted by atomic mass is 9.61. The molecule has 4 heteroatoms. The molecule has 0 fully saturated rings. The molecular formula is C54H110O4. The summed E-state index contributed by atoms with van der Waals surface area (Å²) in [7, 11) is 0. The van der Waals surface area contributed by atoms with E-state index in [1.807, 2.05) is 0 Å². The number of rotatable bonds is 43. The van der Waals surface area contributed by atoms with Gasteiger partial charge in [0.15, 0.2) is 0 Å². The van der Waals surface area contributed by atoms with Crippen LogP contribution in [0.4, 0.5) is 0 Å². The van der Waals surface area contributed by atoms with Crippen molar-refractivity contribution in [3.63, 3.8) is 0 Å². The van der Waals surface area contributed by atoms with Crippen molar-refractivity contribution >= 4 is 0 Å². The Labute approximate surface area is 365 Å². The van der Waals surface area contributed by atoms with Gasteiger partial charge >= 0.3 is 0 Å². The molecule has 0 aliphatic rings. The smallest absolute Gasteiger partial charge is 0.0540 e. The first-order valence-corrected chi connectivity index (χ1v) is 26.4. The standard InChI is InChI=1S/C54H110O4/c1-11-17-28-52(16-6)54(37-22-20-26-49(14-4)25-19-18-24-46(9)41-55,40-51(43-57)39-45(8)31-29-44(7)30-32-47(10)42-56)38-23-21-27-50(15-5)34-36-53(58)35-33-48(12-2)13-3/h44-53,55-58H,11-43H2,1-10H3. The first kappa shape index (κ1) is 57.8. The molecule has 58 heavy (non-hydrogen) atoms. The van der Waals surface area contributed by atoms with E-state index in [9.17, 15) is 20.4 Å². The maximum atomic E-state index is 11.1. The predicted octanol–water partition coefficient (Wildman–Crippen LogP) is 15.8. The summed E-state index contributed by atoms with van der Waals surface area (Å²) >= 11 is 0. The Kier molecular flexibility index (Phi) is 37.3. The van der Waals surface area contributed by atoms with Gasteiger partial charge in [0.1, 0.15) is 0 Å². The van der Waals surface area contributed by atoms with Gasteiger partial charge in [0.25, 0.3) is 0 Å². The van der Waals surface area contributed by atoms with E-state index in [1.54, 1.807) is 0 Å². The summed E-state index contributed by atoms with van der Waals surface area (Å²) in [6.45, 7) is 24.3. The van der Waals surface area contributed by atoms with Crippen molar-refractivity contribution in [2.45, 2.75) is 268 Å². The Balaban J connectivity index is 5.93. The first-order chi connectivity index (χ1) is 27.9. The lowest BCUT2D eigenvalue weighted by molar-refractivity contribution is 0.0456. The average molecular weight is 823 g/mol. The summed E-state index contributed by atoms with van der Waals surface area (Å²) in [4.78, 5) is 0. The van der Waals surface area contributed by atoms with E-state index in [0.717, 1.165) is 55.8 Å².